The average molecular weight is 1090 g/mol. The molecule has 16 atom stereocenters. The third-order valence-corrected chi connectivity index (χ3v) is 17.2. The van der Waals surface area contributed by atoms with Crippen molar-refractivity contribution in [1.82, 2.24) is 18.8 Å². The Morgan fingerprint density at radius 1 is 0.872 bits per heavy atom. The van der Waals surface area contributed by atoms with Crippen molar-refractivity contribution < 1.29 is 63.3 Å². The fourth-order valence-electron chi connectivity index (χ4n) is 12.3. The second-order valence-corrected chi connectivity index (χ2v) is 22.9. The molecular weight excluding hydrogens is 1000 g/mol. The van der Waals surface area contributed by atoms with Crippen LogP contribution in [0.4, 0.5) is 0 Å². The lowest BCUT2D eigenvalue weighted by molar-refractivity contribution is -0.265. The minimum atomic E-state index is -2.50. The second kappa shape index (κ2) is 27.3. The molecule has 2 saturated heterocycles. The first-order chi connectivity index (χ1) is 37.0. The smallest absolute Gasteiger partial charge is 0.352 e. The summed E-state index contributed by atoms with van der Waals surface area (Å²) in [4.78, 5) is 96.9. The molecule has 1 aromatic carbocycles. The van der Waals surface area contributed by atoms with Gasteiger partial charge in [-0.05, 0) is 126 Å². The number of carbonyl (C=O) groups excluding carboxylic acids is 4. The van der Waals surface area contributed by atoms with Gasteiger partial charge in [0.05, 0.1) is 42.2 Å². The third-order valence-electron chi connectivity index (χ3n) is 17.2. The lowest BCUT2D eigenvalue weighted by Gasteiger charge is -2.42. The Labute approximate surface area is 458 Å². The number of aliphatic carboxylic acids is 1. The summed E-state index contributed by atoms with van der Waals surface area (Å²) < 4.78 is 27.0. The number of piperidine rings is 1. The number of para-hydroxylation sites is 1. The van der Waals surface area contributed by atoms with Crippen LogP contribution in [0.25, 0.3) is 5.69 Å². The predicted molar refractivity (Wildman–Crippen MR) is 291 cm³/mol. The first-order valence-electron chi connectivity index (χ1n) is 28.0. The molecule has 1 saturated carbocycles. The Balaban J connectivity index is 1.15. The number of carboxylic acid groups (broad SMARTS) is 1. The molecule has 0 bridgehead atoms. The molecule has 6 rings (SSSR count). The van der Waals surface area contributed by atoms with E-state index in [0.29, 0.717) is 73.6 Å². The molecule has 3 fully saturated rings. The molecule has 2 aromatic rings. The van der Waals surface area contributed by atoms with Gasteiger partial charge in [0.15, 0.2) is 5.78 Å². The molecule has 78 heavy (non-hydrogen) atoms. The molecule has 4 aliphatic rings. The van der Waals surface area contributed by atoms with Crippen LogP contribution < -0.4 is 11.4 Å². The van der Waals surface area contributed by atoms with E-state index in [0.717, 1.165) is 28.7 Å². The summed E-state index contributed by atoms with van der Waals surface area (Å²) in [5, 5.41) is 43.3. The van der Waals surface area contributed by atoms with Crippen molar-refractivity contribution in [2.75, 3.05) is 27.9 Å². The monoisotopic (exact) mass is 1090 g/mol. The van der Waals surface area contributed by atoms with Gasteiger partial charge in [-0.2, -0.15) is 0 Å². The number of Topliss-reactive ketones (excluding diaryl/α,β-unsaturated/α-hetero) is 3. The van der Waals surface area contributed by atoms with E-state index in [2.05, 4.69) is 6.92 Å². The number of ether oxygens (including phenoxy) is 4. The van der Waals surface area contributed by atoms with Crippen LogP contribution in [-0.4, -0.2) is 145 Å². The zero-order chi connectivity index (χ0) is 57.3. The number of aliphatic hydroxyl groups excluding tert-OH is 2. The number of methoxy groups -OCH3 is 3. The summed E-state index contributed by atoms with van der Waals surface area (Å²) >= 11 is 0. The maximum Gasteiger partial charge on any atom is 0.352 e. The molecule has 4 N–H and O–H groups in total. The lowest BCUT2D eigenvalue weighted by atomic mass is 9.79. The zero-order valence-corrected chi connectivity index (χ0v) is 47.3. The summed E-state index contributed by atoms with van der Waals surface area (Å²) in [7, 11) is 4.47. The Bertz CT molecular complexity index is 2640. The molecule has 0 spiro atoms. The van der Waals surface area contributed by atoms with E-state index in [-0.39, 0.29) is 43.5 Å². The van der Waals surface area contributed by atoms with Crippen molar-refractivity contribution in [2.24, 2.45) is 35.5 Å². The summed E-state index contributed by atoms with van der Waals surface area (Å²) in [5.74, 6) is -8.00. The van der Waals surface area contributed by atoms with Crippen molar-refractivity contribution >= 4 is 29.2 Å². The largest absolute Gasteiger partial charge is 0.480 e. The molecular formula is C59H86N4O15. The van der Waals surface area contributed by atoms with E-state index >= 15 is 0 Å². The quantitative estimate of drug-likeness (QED) is 0.0649. The van der Waals surface area contributed by atoms with Crippen molar-refractivity contribution in [1.29, 1.82) is 0 Å². The fourth-order valence-corrected chi connectivity index (χ4v) is 12.3. The molecule has 432 valence electrons. The summed E-state index contributed by atoms with van der Waals surface area (Å²) in [6.07, 6.45) is 9.41. The Kier molecular flexibility index (Phi) is 21.8. The summed E-state index contributed by atoms with van der Waals surface area (Å²) in [5.41, 5.74) is 0.228. The van der Waals surface area contributed by atoms with Gasteiger partial charge in [0.2, 0.25) is 5.79 Å². The highest BCUT2D eigenvalue weighted by Crippen LogP contribution is 2.38. The highest BCUT2D eigenvalue weighted by atomic mass is 16.6. The number of amides is 1. The standard InChI is InChI=1S/C59H86N4O15/c1-34(28-41-21-26-48(65)50(32-41)76-9)19-25-47(64)36(3)30-39(6)52(67)53(77-10)51(66)38(5)29-35(2)45-24-22-43(62-57(72)61(58(73)63(45)62)42-16-12-11-13-17-42)31-37(4)49(75-8)33-44-23-20-40(7)59(74,78-44)54(68)55(69)60-27-15-14-18-46(60)56(70)71/h11-13,16-17,22,24,30-31,34-36,38,40-41,43-46,48-50,52-53,65,67,74H,14-15,18-21,23,25-29,32-33H2,1-10H3,(H,70,71)/b37-31+,39-30+/t34-,35-,36+,38+,40+,41-,43?,44-,45?,46?,48+,49-,50+,52+,53-,59+/m0/s1. The lowest BCUT2D eigenvalue weighted by Crippen LogP contribution is -2.60. The zero-order valence-electron chi connectivity index (χ0n) is 47.3. The van der Waals surface area contributed by atoms with Crippen LogP contribution >= 0.6 is 0 Å². The first-order valence-corrected chi connectivity index (χ1v) is 28.0. The van der Waals surface area contributed by atoms with Gasteiger partial charge in [0, 0.05) is 58.5 Å². The second-order valence-electron chi connectivity index (χ2n) is 22.9. The Morgan fingerprint density at radius 3 is 2.22 bits per heavy atom. The van der Waals surface area contributed by atoms with E-state index < -0.39 is 107 Å². The van der Waals surface area contributed by atoms with Crippen molar-refractivity contribution in [3.8, 4) is 5.69 Å². The molecule has 4 heterocycles. The van der Waals surface area contributed by atoms with E-state index in [4.69, 9.17) is 18.9 Å². The number of nitrogens with zero attached hydrogens (tertiary/aromatic N) is 4. The maximum absolute atomic E-state index is 14.6. The average Bonchev–Trinajstić information content (AvgIpc) is 3.84. The number of aliphatic hydroxyl groups is 3. The van der Waals surface area contributed by atoms with Gasteiger partial charge in [-0.3, -0.25) is 19.2 Å². The number of benzene rings is 1. The predicted octanol–water partition coefficient (Wildman–Crippen LogP) is 6.08. The number of rotatable bonds is 25. The van der Waals surface area contributed by atoms with E-state index in [1.165, 1.54) is 23.6 Å². The van der Waals surface area contributed by atoms with Crippen LogP contribution in [0.3, 0.4) is 0 Å². The number of hydrogen-bond donors (Lipinski definition) is 4. The van der Waals surface area contributed by atoms with Crippen LogP contribution in [0, 0.1) is 35.5 Å². The van der Waals surface area contributed by atoms with Gasteiger partial charge in [-0.25, -0.2) is 28.3 Å². The molecule has 1 amide bonds. The van der Waals surface area contributed by atoms with Crippen molar-refractivity contribution in [3.05, 3.63) is 86.8 Å². The molecule has 19 nitrogen and oxygen atoms in total. The number of carbonyl (C=O) groups is 5. The highest BCUT2D eigenvalue weighted by molar-refractivity contribution is 6.39. The minimum absolute atomic E-state index is 0.0296. The Morgan fingerprint density at radius 2 is 1.56 bits per heavy atom. The number of allylic oxidation sites excluding steroid dienone is 4. The van der Waals surface area contributed by atoms with Gasteiger partial charge in [-0.1, -0.05) is 77.1 Å². The van der Waals surface area contributed by atoms with Crippen molar-refractivity contribution in [2.45, 2.75) is 192 Å². The van der Waals surface area contributed by atoms with Gasteiger partial charge < -0.3 is 44.3 Å². The van der Waals surface area contributed by atoms with Crippen LogP contribution in [0.5, 0.6) is 0 Å². The number of aromatic nitrogens is 3. The maximum atomic E-state index is 14.6. The van der Waals surface area contributed by atoms with E-state index in [9.17, 15) is 54.0 Å². The fraction of sp³-hybridized carbons (Fsp3) is 0.678. The molecule has 1 aliphatic carbocycles. The van der Waals surface area contributed by atoms with Crippen LogP contribution in [0.2, 0.25) is 0 Å². The van der Waals surface area contributed by atoms with Crippen LogP contribution in [0.15, 0.2) is 75.4 Å². The topological polar surface area (TPSA) is 255 Å². The van der Waals surface area contributed by atoms with Crippen LogP contribution in [-0.2, 0) is 42.9 Å². The normalized spacial score (nSPS) is 28.7. The summed E-state index contributed by atoms with van der Waals surface area (Å²) in [6.45, 7) is 12.7. The van der Waals surface area contributed by atoms with E-state index in [1.807, 2.05) is 19.1 Å². The van der Waals surface area contributed by atoms with Crippen molar-refractivity contribution in [3.63, 3.8) is 0 Å². The summed E-state index contributed by atoms with van der Waals surface area (Å²) in [6, 6.07) is 5.87. The van der Waals surface area contributed by atoms with Gasteiger partial charge in [0.1, 0.15) is 24.0 Å². The van der Waals surface area contributed by atoms with Gasteiger partial charge in [0.25, 0.3) is 11.7 Å². The third kappa shape index (κ3) is 14.1. The molecule has 3 aliphatic heterocycles. The number of ketones is 3. The van der Waals surface area contributed by atoms with E-state index in [1.54, 1.807) is 84.2 Å². The highest BCUT2D eigenvalue weighted by Gasteiger charge is 2.53. The van der Waals surface area contributed by atoms with Crippen LogP contribution in [0.1, 0.15) is 144 Å². The van der Waals surface area contributed by atoms with Gasteiger partial charge in [-0.15, -0.1) is 0 Å². The molecule has 0 radical (unpaired) electrons. The first kappa shape index (κ1) is 62.1. The molecule has 1 aromatic heterocycles. The van der Waals surface area contributed by atoms with Gasteiger partial charge >= 0.3 is 17.3 Å². The number of likely N-dealkylation sites (tertiary alicyclic amines) is 1. The molecule has 3 unspecified atom stereocenters. The number of fused-ring (bicyclic) bond motifs is 1. The molecule has 19 heteroatoms. The number of carboxylic acids is 1. The number of hydrogen-bond acceptors (Lipinski definition) is 14. The Hall–Kier alpha value is -5.15. The SMILES string of the molecule is CO[C@@H](C[C@@H]1CC[C@@H](C)[C@](O)(C(=O)C(=O)N2CCCCC2C(=O)O)O1)/C(C)=C/C1C=CC([C@@H](C)C[C@@H](C)C(=O)[C@H](OC)[C@H](O)/C(C)=C/[C@@H](C)C(=O)CC[C@H](C)C[C@@H]2CC[C@@H](O)[C@H](OC)C2)n2c(=O)n(-c3ccccc3)c(=O)n21. The minimum Gasteiger partial charge on any atom is -0.480 e.